The van der Waals surface area contributed by atoms with Crippen molar-refractivity contribution >= 4 is 11.9 Å². The minimum atomic E-state index is -0.877. The number of hydrogen-bond donors (Lipinski definition) is 3. The number of hydrogen-bond acceptors (Lipinski definition) is 5. The fraction of sp³-hybridized carbons (Fsp3) is 0.864. The van der Waals surface area contributed by atoms with Crippen molar-refractivity contribution in [2.75, 3.05) is 13.2 Å². The van der Waals surface area contributed by atoms with Gasteiger partial charge < -0.3 is 20.3 Å². The lowest BCUT2D eigenvalue weighted by Crippen LogP contribution is -2.45. The van der Waals surface area contributed by atoms with Gasteiger partial charge in [-0.15, -0.1) is 0 Å². The summed E-state index contributed by atoms with van der Waals surface area (Å²) in [5.41, 5.74) is 0. The summed E-state index contributed by atoms with van der Waals surface area (Å²) < 4.78 is 5.45. The monoisotopic (exact) mass is 914 g/mol. The van der Waals surface area contributed by atoms with E-state index in [2.05, 4.69) is 43.5 Å². The molecular formula is C59H111NO5. The van der Waals surface area contributed by atoms with E-state index in [4.69, 9.17) is 4.74 Å². The molecule has 0 saturated carbocycles. The third kappa shape index (κ3) is 51.3. The van der Waals surface area contributed by atoms with E-state index in [0.717, 1.165) is 70.6 Å². The molecule has 0 rings (SSSR count). The lowest BCUT2D eigenvalue weighted by molar-refractivity contribution is -0.143. The van der Waals surface area contributed by atoms with Crippen LogP contribution >= 0.6 is 0 Å². The highest BCUT2D eigenvalue weighted by Gasteiger charge is 2.18. The van der Waals surface area contributed by atoms with Gasteiger partial charge in [-0.3, -0.25) is 9.59 Å². The van der Waals surface area contributed by atoms with E-state index in [9.17, 15) is 19.8 Å². The van der Waals surface area contributed by atoms with Crippen LogP contribution in [-0.2, 0) is 14.3 Å². The Morgan fingerprint density at radius 3 is 1.12 bits per heavy atom. The number of aliphatic hydroxyl groups excluding tert-OH is 2. The number of nitrogens with one attached hydrogen (secondary N) is 1. The molecule has 1 amide bonds. The smallest absolute Gasteiger partial charge is 0.305 e. The average Bonchev–Trinajstić information content (AvgIpc) is 3.31. The van der Waals surface area contributed by atoms with Gasteiger partial charge in [0.15, 0.2) is 0 Å². The van der Waals surface area contributed by atoms with Gasteiger partial charge in [0.1, 0.15) is 0 Å². The van der Waals surface area contributed by atoms with Crippen LogP contribution in [0.15, 0.2) is 36.5 Å². The first-order valence-corrected chi connectivity index (χ1v) is 28.8. The molecule has 65 heavy (non-hydrogen) atoms. The van der Waals surface area contributed by atoms with Gasteiger partial charge in [0, 0.05) is 12.8 Å². The molecule has 0 aliphatic heterocycles. The van der Waals surface area contributed by atoms with Crippen LogP contribution in [0.3, 0.4) is 0 Å². The predicted molar refractivity (Wildman–Crippen MR) is 283 cm³/mol. The van der Waals surface area contributed by atoms with Gasteiger partial charge in [0.25, 0.3) is 0 Å². The Bertz CT molecular complexity index is 1060. The molecule has 0 heterocycles. The van der Waals surface area contributed by atoms with Gasteiger partial charge in [-0.05, 0) is 77.0 Å². The number of carbonyl (C=O) groups excluding carboxylic acids is 2. The summed E-state index contributed by atoms with van der Waals surface area (Å²) in [6, 6.07) is -0.667. The van der Waals surface area contributed by atoms with Crippen molar-refractivity contribution in [2.24, 2.45) is 0 Å². The molecule has 0 aromatic carbocycles. The van der Waals surface area contributed by atoms with Gasteiger partial charge in [0.2, 0.25) is 5.91 Å². The van der Waals surface area contributed by atoms with Gasteiger partial charge in [-0.25, -0.2) is 0 Å². The van der Waals surface area contributed by atoms with Gasteiger partial charge in [0.05, 0.1) is 25.4 Å². The first-order valence-electron chi connectivity index (χ1n) is 28.8. The molecule has 0 spiro atoms. The van der Waals surface area contributed by atoms with Crippen molar-refractivity contribution in [3.8, 4) is 0 Å². The summed E-state index contributed by atoms with van der Waals surface area (Å²) in [6.07, 6.45) is 67.4. The maximum Gasteiger partial charge on any atom is 0.305 e. The molecule has 0 aliphatic carbocycles. The largest absolute Gasteiger partial charge is 0.466 e. The Balaban J connectivity index is 3.56. The normalized spacial score (nSPS) is 12.9. The molecule has 2 unspecified atom stereocenters. The number of rotatable bonds is 53. The van der Waals surface area contributed by atoms with Crippen molar-refractivity contribution in [1.82, 2.24) is 5.32 Å². The van der Waals surface area contributed by atoms with Crippen molar-refractivity contribution in [3.05, 3.63) is 36.5 Å². The predicted octanol–water partition coefficient (Wildman–Crippen LogP) is 17.6. The minimum Gasteiger partial charge on any atom is -0.466 e. The molecular weight excluding hydrogens is 803 g/mol. The number of esters is 1. The molecule has 0 bridgehead atoms. The Labute approximate surface area is 404 Å². The third-order valence-electron chi connectivity index (χ3n) is 13.1. The number of amides is 1. The maximum absolute atomic E-state index is 12.5. The van der Waals surface area contributed by atoms with E-state index in [0.29, 0.717) is 19.4 Å². The highest BCUT2D eigenvalue weighted by atomic mass is 16.5. The van der Waals surface area contributed by atoms with Crippen LogP contribution in [-0.4, -0.2) is 47.4 Å². The van der Waals surface area contributed by atoms with Crippen LogP contribution in [0, 0.1) is 0 Å². The Morgan fingerprint density at radius 2 is 0.738 bits per heavy atom. The maximum atomic E-state index is 12.5. The molecule has 0 saturated heterocycles. The highest BCUT2D eigenvalue weighted by molar-refractivity contribution is 5.76. The SMILES string of the molecule is CCCCCCCC/C=C\CCCCCCCCCC(=O)OCCCCCC/C=C\CCCC(=O)NC(CO)C(O)/C=C/CCCCCCCCCCCCCCCCCCCCCC. The van der Waals surface area contributed by atoms with E-state index in [1.54, 1.807) is 6.08 Å². The highest BCUT2D eigenvalue weighted by Crippen LogP contribution is 2.16. The number of unbranched alkanes of at least 4 members (excludes halogenated alkanes) is 38. The summed E-state index contributed by atoms with van der Waals surface area (Å²) >= 11 is 0. The first kappa shape index (κ1) is 63.1. The van der Waals surface area contributed by atoms with E-state index in [1.807, 2.05) is 6.08 Å². The lowest BCUT2D eigenvalue weighted by atomic mass is 10.0. The van der Waals surface area contributed by atoms with E-state index in [-0.39, 0.29) is 18.5 Å². The second-order valence-electron chi connectivity index (χ2n) is 19.6. The van der Waals surface area contributed by atoms with Crippen LogP contribution in [0.5, 0.6) is 0 Å². The van der Waals surface area contributed by atoms with Crippen molar-refractivity contribution < 1.29 is 24.5 Å². The number of aliphatic hydroxyl groups is 2. The first-order chi connectivity index (χ1) is 32.0. The summed E-state index contributed by atoms with van der Waals surface area (Å²) in [6.45, 7) is 4.82. The Hall–Kier alpha value is -1.92. The van der Waals surface area contributed by atoms with Crippen LogP contribution in [0.2, 0.25) is 0 Å². The standard InChI is InChI=1S/C59H111NO5/c1-3-5-7-9-11-13-15-17-19-21-22-23-24-25-27-28-30-32-35-39-43-47-51-57(62)56(55-61)60-58(63)52-48-44-40-36-34-38-42-46-50-54-65-59(64)53-49-45-41-37-33-31-29-26-20-18-16-14-12-10-8-6-4-2/h18,20,36,40,47,51,56-57,61-62H,3-17,19,21-35,37-39,41-46,48-50,52-55H2,1-2H3,(H,60,63)/b20-18-,40-36-,51-47+. The summed E-state index contributed by atoms with van der Waals surface area (Å²) in [7, 11) is 0. The fourth-order valence-electron chi connectivity index (χ4n) is 8.69. The second-order valence-corrected chi connectivity index (χ2v) is 19.6. The summed E-state index contributed by atoms with van der Waals surface area (Å²) in [5, 5.41) is 23.1. The molecule has 6 nitrogen and oxygen atoms in total. The van der Waals surface area contributed by atoms with E-state index in [1.165, 1.54) is 205 Å². The van der Waals surface area contributed by atoms with Gasteiger partial charge >= 0.3 is 5.97 Å². The topological polar surface area (TPSA) is 95.9 Å². The van der Waals surface area contributed by atoms with E-state index < -0.39 is 12.1 Å². The lowest BCUT2D eigenvalue weighted by Gasteiger charge is -2.19. The Morgan fingerprint density at radius 1 is 0.415 bits per heavy atom. The molecule has 382 valence electrons. The number of ether oxygens (including phenoxy) is 1. The Kier molecular flexibility index (Phi) is 53.1. The molecule has 0 aromatic heterocycles. The molecule has 2 atom stereocenters. The quantitative estimate of drug-likeness (QED) is 0.0321. The third-order valence-corrected chi connectivity index (χ3v) is 13.1. The molecule has 0 aliphatic rings. The molecule has 0 radical (unpaired) electrons. The zero-order valence-corrected chi connectivity index (χ0v) is 43.5. The molecule has 0 fully saturated rings. The molecule has 6 heteroatoms. The van der Waals surface area contributed by atoms with Crippen molar-refractivity contribution in [3.63, 3.8) is 0 Å². The van der Waals surface area contributed by atoms with Crippen LogP contribution < -0.4 is 5.32 Å². The number of carbonyl (C=O) groups is 2. The van der Waals surface area contributed by atoms with Gasteiger partial charge in [-0.1, -0.05) is 249 Å². The van der Waals surface area contributed by atoms with Crippen LogP contribution in [0.4, 0.5) is 0 Å². The summed E-state index contributed by atoms with van der Waals surface area (Å²) in [4.78, 5) is 24.5. The van der Waals surface area contributed by atoms with E-state index >= 15 is 0 Å². The van der Waals surface area contributed by atoms with Crippen LogP contribution in [0.25, 0.3) is 0 Å². The van der Waals surface area contributed by atoms with Crippen molar-refractivity contribution in [1.29, 1.82) is 0 Å². The van der Waals surface area contributed by atoms with Crippen LogP contribution in [0.1, 0.15) is 303 Å². The average molecular weight is 915 g/mol. The number of allylic oxidation sites excluding steroid dienone is 5. The minimum absolute atomic E-state index is 0.0410. The summed E-state index contributed by atoms with van der Waals surface area (Å²) in [5.74, 6) is -0.168. The zero-order valence-electron chi connectivity index (χ0n) is 43.5. The fourth-order valence-corrected chi connectivity index (χ4v) is 8.69. The zero-order chi connectivity index (χ0) is 47.2. The van der Waals surface area contributed by atoms with Crippen molar-refractivity contribution in [2.45, 2.75) is 315 Å². The second kappa shape index (κ2) is 54.7. The molecule has 0 aromatic rings. The molecule has 3 N–H and O–H groups in total. The van der Waals surface area contributed by atoms with Gasteiger partial charge in [-0.2, -0.15) is 0 Å².